The topological polar surface area (TPSA) is 55.1 Å². The molecule has 0 aliphatic carbocycles. The normalized spacial score (nSPS) is 18.6. The molecule has 1 aromatic rings. The summed E-state index contributed by atoms with van der Waals surface area (Å²) in [6.45, 7) is 6.73. The number of carbonyl (C=O) groups is 1. The Morgan fingerprint density at radius 2 is 2.39 bits per heavy atom. The minimum absolute atomic E-state index is 0.0557. The zero-order valence-corrected chi connectivity index (χ0v) is 10.3. The van der Waals surface area contributed by atoms with Gasteiger partial charge in [-0.2, -0.15) is 5.10 Å². The summed E-state index contributed by atoms with van der Waals surface area (Å²) < 4.78 is 1.77. The maximum absolute atomic E-state index is 11.1. The Morgan fingerprint density at radius 3 is 3.06 bits per heavy atom. The highest BCUT2D eigenvalue weighted by atomic mass is 16.4. The molecule has 1 aliphatic heterocycles. The van der Waals surface area contributed by atoms with Crippen LogP contribution in [0, 0.1) is 0 Å². The number of allylic oxidation sites excluding steroid dienone is 5. The highest BCUT2D eigenvalue weighted by Crippen LogP contribution is 2.35. The zero-order chi connectivity index (χ0) is 13.1. The fraction of sp³-hybridized carbons (Fsp3) is 0.286. The fourth-order valence-corrected chi connectivity index (χ4v) is 2.26. The Bertz CT molecular complexity index is 538. The molecule has 4 nitrogen and oxygen atoms in total. The maximum Gasteiger partial charge on any atom is 0.339 e. The molecule has 1 aliphatic rings. The van der Waals surface area contributed by atoms with Gasteiger partial charge in [-0.05, 0) is 18.9 Å². The molecule has 0 saturated carbocycles. The van der Waals surface area contributed by atoms with Gasteiger partial charge in [0.05, 0.1) is 11.9 Å². The predicted molar refractivity (Wildman–Crippen MR) is 69.6 cm³/mol. The van der Waals surface area contributed by atoms with E-state index in [-0.39, 0.29) is 11.5 Å². The number of hydrogen-bond acceptors (Lipinski definition) is 2. The Labute approximate surface area is 106 Å². The molecule has 2 rings (SSSR count). The molecular formula is C14H16N2O2. The smallest absolute Gasteiger partial charge is 0.339 e. The number of hydrogen-bond donors (Lipinski definition) is 1. The lowest BCUT2D eigenvalue weighted by molar-refractivity contribution is 0.0695. The first kappa shape index (κ1) is 12.4. The highest BCUT2D eigenvalue weighted by Gasteiger charge is 2.30. The molecule has 0 saturated heterocycles. The highest BCUT2D eigenvalue weighted by molar-refractivity contribution is 5.89. The predicted octanol–water partition coefficient (Wildman–Crippen LogP) is 2.76. The molecule has 0 amide bonds. The number of rotatable bonds is 4. The molecule has 0 spiro atoms. The molecular weight excluding hydrogens is 228 g/mol. The van der Waals surface area contributed by atoms with Crippen molar-refractivity contribution in [2.45, 2.75) is 25.8 Å². The zero-order valence-electron chi connectivity index (χ0n) is 10.3. The number of nitrogens with zero attached hydrogens (tertiary/aromatic N) is 2. The fourth-order valence-electron chi connectivity index (χ4n) is 2.26. The lowest BCUT2D eigenvalue weighted by atomic mass is 9.93. The first-order chi connectivity index (χ1) is 8.65. The molecule has 4 heteroatoms. The molecule has 1 atom stereocenters. The van der Waals surface area contributed by atoms with E-state index in [1.807, 2.05) is 31.2 Å². The molecule has 1 N–H and O–H groups in total. The minimum Gasteiger partial charge on any atom is -0.478 e. The van der Waals surface area contributed by atoms with Crippen molar-refractivity contribution in [2.24, 2.45) is 0 Å². The second-order valence-corrected chi connectivity index (χ2v) is 4.27. The lowest BCUT2D eigenvalue weighted by Crippen LogP contribution is -2.04. The van der Waals surface area contributed by atoms with Gasteiger partial charge in [-0.25, -0.2) is 4.79 Å². The van der Waals surface area contributed by atoms with E-state index in [1.54, 1.807) is 4.68 Å². The van der Waals surface area contributed by atoms with Gasteiger partial charge in [-0.15, -0.1) is 0 Å². The van der Waals surface area contributed by atoms with E-state index in [1.165, 1.54) is 6.20 Å². The van der Waals surface area contributed by atoms with Gasteiger partial charge in [-0.1, -0.05) is 30.9 Å². The number of aryl methyl sites for hydroxylation is 1. The van der Waals surface area contributed by atoms with Crippen molar-refractivity contribution in [1.82, 2.24) is 9.78 Å². The van der Waals surface area contributed by atoms with Crippen molar-refractivity contribution in [3.8, 4) is 0 Å². The summed E-state index contributed by atoms with van der Waals surface area (Å²) >= 11 is 0. The molecule has 2 heterocycles. The van der Waals surface area contributed by atoms with Crippen LogP contribution in [0.2, 0.25) is 0 Å². The average molecular weight is 244 g/mol. The molecule has 0 aromatic carbocycles. The Balaban J connectivity index is 2.27. The van der Waals surface area contributed by atoms with Gasteiger partial charge < -0.3 is 5.11 Å². The third-order valence-electron chi connectivity index (χ3n) is 3.13. The van der Waals surface area contributed by atoms with Crippen LogP contribution in [0.4, 0.5) is 0 Å². The third kappa shape index (κ3) is 2.14. The van der Waals surface area contributed by atoms with Crippen molar-refractivity contribution in [3.05, 3.63) is 53.9 Å². The van der Waals surface area contributed by atoms with E-state index in [9.17, 15) is 4.79 Å². The van der Waals surface area contributed by atoms with Gasteiger partial charge in [0.2, 0.25) is 0 Å². The van der Waals surface area contributed by atoms with Gasteiger partial charge in [0.25, 0.3) is 0 Å². The van der Waals surface area contributed by atoms with E-state index in [0.717, 1.165) is 24.2 Å². The van der Waals surface area contributed by atoms with Crippen LogP contribution in [0.15, 0.2) is 42.7 Å². The number of aromatic carboxylic acids is 1. The monoisotopic (exact) mass is 244 g/mol. The van der Waals surface area contributed by atoms with E-state index in [0.29, 0.717) is 0 Å². The Morgan fingerprint density at radius 1 is 1.61 bits per heavy atom. The molecule has 0 bridgehead atoms. The summed E-state index contributed by atoms with van der Waals surface area (Å²) in [6.07, 6.45) is 10.00. The van der Waals surface area contributed by atoms with Crippen LogP contribution in [0.1, 0.15) is 35.3 Å². The van der Waals surface area contributed by atoms with E-state index in [2.05, 4.69) is 11.7 Å². The van der Waals surface area contributed by atoms with Gasteiger partial charge in [0.1, 0.15) is 5.56 Å². The number of fused-ring (bicyclic) bond motifs is 1. The Hall–Kier alpha value is -2.10. The number of carboxylic acid groups (broad SMARTS) is 1. The second kappa shape index (κ2) is 5.04. The van der Waals surface area contributed by atoms with Crippen LogP contribution in [-0.4, -0.2) is 20.9 Å². The number of aromatic nitrogens is 2. The summed E-state index contributed by atoms with van der Waals surface area (Å²) in [5.41, 5.74) is 1.99. The summed E-state index contributed by atoms with van der Waals surface area (Å²) in [6, 6.07) is 0. The second-order valence-electron chi connectivity index (χ2n) is 4.27. The molecule has 0 fully saturated rings. The number of carboxylic acids is 1. The first-order valence-electron chi connectivity index (χ1n) is 5.92. The quantitative estimate of drug-likeness (QED) is 0.828. The van der Waals surface area contributed by atoms with Gasteiger partial charge >= 0.3 is 5.97 Å². The van der Waals surface area contributed by atoms with Crippen LogP contribution in [0.25, 0.3) is 0 Å². The van der Waals surface area contributed by atoms with Crippen LogP contribution < -0.4 is 0 Å². The van der Waals surface area contributed by atoms with Crippen LogP contribution >= 0.6 is 0 Å². The average Bonchev–Trinajstić information content (AvgIpc) is 2.88. The van der Waals surface area contributed by atoms with Crippen LogP contribution in [-0.2, 0) is 6.54 Å². The maximum atomic E-state index is 11.1. The summed E-state index contributed by atoms with van der Waals surface area (Å²) in [4.78, 5) is 11.1. The first-order valence-corrected chi connectivity index (χ1v) is 5.92. The third-order valence-corrected chi connectivity index (χ3v) is 3.13. The molecule has 18 heavy (non-hydrogen) atoms. The van der Waals surface area contributed by atoms with Crippen LogP contribution in [0.3, 0.4) is 0 Å². The minimum atomic E-state index is -0.923. The lowest BCUT2D eigenvalue weighted by Gasteiger charge is -2.10. The molecule has 94 valence electrons. The van der Waals surface area contributed by atoms with Gasteiger partial charge in [0.15, 0.2) is 0 Å². The molecule has 1 aromatic heterocycles. The van der Waals surface area contributed by atoms with Crippen molar-refractivity contribution in [1.29, 1.82) is 0 Å². The van der Waals surface area contributed by atoms with E-state index >= 15 is 0 Å². The largest absolute Gasteiger partial charge is 0.478 e. The SMILES string of the molecule is C=C(/C=C\C=C/C)[C@H]1CCn2ncc(C(=O)O)c21. The summed E-state index contributed by atoms with van der Waals surface area (Å²) in [7, 11) is 0. The summed E-state index contributed by atoms with van der Waals surface area (Å²) in [5, 5.41) is 13.2. The molecule has 0 radical (unpaired) electrons. The van der Waals surface area contributed by atoms with Gasteiger partial charge in [-0.3, -0.25) is 4.68 Å². The van der Waals surface area contributed by atoms with E-state index in [4.69, 9.17) is 5.11 Å². The van der Waals surface area contributed by atoms with Crippen molar-refractivity contribution in [3.63, 3.8) is 0 Å². The van der Waals surface area contributed by atoms with Crippen molar-refractivity contribution in [2.75, 3.05) is 0 Å². The molecule has 0 unspecified atom stereocenters. The Kier molecular flexibility index (Phi) is 3.46. The summed E-state index contributed by atoms with van der Waals surface area (Å²) in [5.74, 6) is -0.867. The van der Waals surface area contributed by atoms with Gasteiger partial charge in [0, 0.05) is 12.5 Å². The van der Waals surface area contributed by atoms with E-state index < -0.39 is 5.97 Å². The van der Waals surface area contributed by atoms with Crippen molar-refractivity contribution >= 4 is 5.97 Å². The van der Waals surface area contributed by atoms with Crippen molar-refractivity contribution < 1.29 is 9.90 Å². The van der Waals surface area contributed by atoms with Crippen LogP contribution in [0.5, 0.6) is 0 Å². The standard InChI is InChI=1S/C14H16N2O2/c1-3-4-5-6-10(2)11-7-8-16-13(11)12(9-15-16)14(17)18/h3-6,9,11H,2,7-8H2,1H3,(H,17,18)/b4-3-,6-5-/t11-/m1/s1.